The zero-order chi connectivity index (χ0) is 26.0. The molecule has 4 rings (SSSR count). The lowest BCUT2D eigenvalue weighted by Gasteiger charge is -2.29. The van der Waals surface area contributed by atoms with Gasteiger partial charge in [0.1, 0.15) is 11.5 Å². The van der Waals surface area contributed by atoms with Gasteiger partial charge < -0.3 is 19.5 Å². The van der Waals surface area contributed by atoms with Crippen molar-refractivity contribution in [3.05, 3.63) is 55.0 Å². The number of halogens is 3. The number of aliphatic hydroxyl groups excluding tert-OH is 1. The molecule has 0 saturated heterocycles. The highest BCUT2D eigenvalue weighted by Crippen LogP contribution is 2.35. The summed E-state index contributed by atoms with van der Waals surface area (Å²) in [5, 5.41) is 14.2. The van der Waals surface area contributed by atoms with E-state index in [1.165, 1.54) is 19.1 Å². The molecule has 4 aromatic rings. The number of methoxy groups -OCH3 is 2. The average molecular weight is 502 g/mol. The van der Waals surface area contributed by atoms with Gasteiger partial charge in [0.05, 0.1) is 49.9 Å². The maximum atomic E-state index is 13.3. The van der Waals surface area contributed by atoms with Crippen LogP contribution in [0.3, 0.4) is 0 Å². The van der Waals surface area contributed by atoms with Gasteiger partial charge in [-0.2, -0.15) is 18.3 Å². The molecule has 1 atom stereocenters. The summed E-state index contributed by atoms with van der Waals surface area (Å²) >= 11 is 0. The molecule has 0 aliphatic heterocycles. The standard InChI is InChI=1S/C25H26F3N5O3/c1-15(2)33-13-16(11-30-33)23-12-29-21-6-5-17(9-22(21)31-23)32(14-24(34)25(26,27)28)18-7-19(35-3)10-20(8-18)36-4/h5-13,15,24,34H,14H2,1-4H3. The van der Waals surface area contributed by atoms with Crippen molar-refractivity contribution in [2.45, 2.75) is 32.2 Å². The predicted molar refractivity (Wildman–Crippen MR) is 130 cm³/mol. The fraction of sp³-hybridized carbons (Fsp3) is 0.320. The van der Waals surface area contributed by atoms with E-state index < -0.39 is 18.8 Å². The molecule has 0 spiro atoms. The van der Waals surface area contributed by atoms with Crippen molar-refractivity contribution < 1.29 is 27.8 Å². The smallest absolute Gasteiger partial charge is 0.416 e. The Bertz CT molecular complexity index is 1330. The van der Waals surface area contributed by atoms with Crippen LogP contribution < -0.4 is 14.4 Å². The van der Waals surface area contributed by atoms with Gasteiger partial charge in [0.15, 0.2) is 6.10 Å². The molecule has 190 valence electrons. The lowest BCUT2D eigenvalue weighted by molar-refractivity contribution is -0.199. The molecule has 0 aliphatic carbocycles. The van der Waals surface area contributed by atoms with Crippen molar-refractivity contribution in [3.63, 3.8) is 0 Å². The minimum absolute atomic E-state index is 0.173. The van der Waals surface area contributed by atoms with Crippen LogP contribution in [0.4, 0.5) is 24.5 Å². The molecule has 36 heavy (non-hydrogen) atoms. The molecule has 2 aromatic carbocycles. The van der Waals surface area contributed by atoms with Gasteiger partial charge in [-0.1, -0.05) is 0 Å². The summed E-state index contributed by atoms with van der Waals surface area (Å²) in [6.45, 7) is 3.26. The van der Waals surface area contributed by atoms with Crippen molar-refractivity contribution in [1.29, 1.82) is 0 Å². The molecule has 2 heterocycles. The number of hydrogen-bond acceptors (Lipinski definition) is 7. The van der Waals surface area contributed by atoms with Crippen LogP contribution in [0.5, 0.6) is 11.5 Å². The lowest BCUT2D eigenvalue weighted by atomic mass is 10.1. The van der Waals surface area contributed by atoms with E-state index in [1.54, 1.807) is 53.5 Å². The lowest BCUT2D eigenvalue weighted by Crippen LogP contribution is -2.39. The maximum Gasteiger partial charge on any atom is 0.416 e. The molecule has 0 bridgehead atoms. The molecule has 1 N–H and O–H groups in total. The second kappa shape index (κ2) is 10.0. The summed E-state index contributed by atoms with van der Waals surface area (Å²) in [5.74, 6) is 0.779. The van der Waals surface area contributed by atoms with Crippen LogP contribution in [0, 0.1) is 0 Å². The van der Waals surface area contributed by atoms with Gasteiger partial charge in [0.2, 0.25) is 0 Å². The molecule has 1 unspecified atom stereocenters. The Hall–Kier alpha value is -3.86. The van der Waals surface area contributed by atoms with Gasteiger partial charge in [0, 0.05) is 47.4 Å². The first kappa shape index (κ1) is 25.2. The summed E-state index contributed by atoms with van der Waals surface area (Å²) in [4.78, 5) is 10.5. The second-order valence-electron chi connectivity index (χ2n) is 8.47. The van der Waals surface area contributed by atoms with Crippen LogP contribution in [0.25, 0.3) is 22.3 Å². The Labute approximate surface area is 205 Å². The Balaban J connectivity index is 1.80. The number of ether oxygens (including phenoxy) is 2. The number of fused-ring (bicyclic) bond motifs is 1. The van der Waals surface area contributed by atoms with Crippen molar-refractivity contribution >= 4 is 22.4 Å². The van der Waals surface area contributed by atoms with E-state index in [0.29, 0.717) is 39.6 Å². The van der Waals surface area contributed by atoms with E-state index in [4.69, 9.17) is 9.47 Å². The number of nitrogens with zero attached hydrogens (tertiary/aromatic N) is 5. The summed E-state index contributed by atoms with van der Waals surface area (Å²) in [7, 11) is 2.89. The van der Waals surface area contributed by atoms with Crippen molar-refractivity contribution in [1.82, 2.24) is 19.7 Å². The van der Waals surface area contributed by atoms with Gasteiger partial charge >= 0.3 is 6.18 Å². The third-order valence-corrected chi connectivity index (χ3v) is 5.65. The zero-order valence-electron chi connectivity index (χ0n) is 20.2. The molecule has 0 saturated carbocycles. The summed E-state index contributed by atoms with van der Waals surface area (Å²) < 4.78 is 52.4. The highest BCUT2D eigenvalue weighted by molar-refractivity contribution is 5.82. The molecule has 2 aromatic heterocycles. The van der Waals surface area contributed by atoms with Gasteiger partial charge in [-0.3, -0.25) is 9.67 Å². The van der Waals surface area contributed by atoms with Crippen LogP contribution in [0.15, 0.2) is 55.0 Å². The molecule has 8 nitrogen and oxygen atoms in total. The van der Waals surface area contributed by atoms with Crippen molar-refractivity contribution in [2.24, 2.45) is 0 Å². The summed E-state index contributed by atoms with van der Waals surface area (Å²) in [6.07, 6.45) is -2.22. The number of benzene rings is 2. The first-order valence-electron chi connectivity index (χ1n) is 11.2. The zero-order valence-corrected chi connectivity index (χ0v) is 20.2. The van der Waals surface area contributed by atoms with Gasteiger partial charge in [-0.05, 0) is 32.0 Å². The average Bonchev–Trinajstić information content (AvgIpc) is 3.36. The van der Waals surface area contributed by atoms with Crippen LogP contribution in [-0.2, 0) is 0 Å². The monoisotopic (exact) mass is 501 g/mol. The Morgan fingerprint density at radius 2 is 1.67 bits per heavy atom. The Morgan fingerprint density at radius 3 is 2.25 bits per heavy atom. The van der Waals surface area contributed by atoms with Crippen LogP contribution in [-0.4, -0.2) is 57.9 Å². The summed E-state index contributed by atoms with van der Waals surface area (Å²) in [5.41, 5.74) is 3.12. The Kier molecular flexibility index (Phi) is 7.02. The number of alkyl halides is 3. The van der Waals surface area contributed by atoms with Crippen LogP contribution >= 0.6 is 0 Å². The molecule has 0 aliphatic rings. The van der Waals surface area contributed by atoms with E-state index >= 15 is 0 Å². The maximum absolute atomic E-state index is 13.3. The third-order valence-electron chi connectivity index (χ3n) is 5.65. The molecule has 0 amide bonds. The quantitative estimate of drug-likeness (QED) is 0.357. The molecular weight excluding hydrogens is 475 g/mol. The van der Waals surface area contributed by atoms with Gasteiger partial charge in [-0.15, -0.1) is 0 Å². The molecular formula is C25H26F3N5O3. The molecule has 0 radical (unpaired) electrons. The fourth-order valence-corrected chi connectivity index (χ4v) is 3.64. The SMILES string of the molecule is COc1cc(OC)cc(N(CC(O)C(F)(F)F)c2ccc3ncc(-c4cnn(C(C)C)c4)nc3c2)c1. The first-order valence-corrected chi connectivity index (χ1v) is 11.2. The number of rotatable bonds is 8. The van der Waals surface area contributed by atoms with Gasteiger partial charge in [0.25, 0.3) is 0 Å². The Morgan fingerprint density at radius 1 is 0.972 bits per heavy atom. The first-order chi connectivity index (χ1) is 17.1. The van der Waals surface area contributed by atoms with Crippen molar-refractivity contribution in [3.8, 4) is 22.8 Å². The topological polar surface area (TPSA) is 85.5 Å². The largest absolute Gasteiger partial charge is 0.497 e. The number of anilines is 2. The fourth-order valence-electron chi connectivity index (χ4n) is 3.64. The molecule has 11 heteroatoms. The highest BCUT2D eigenvalue weighted by Gasteiger charge is 2.39. The third kappa shape index (κ3) is 5.35. The second-order valence-corrected chi connectivity index (χ2v) is 8.47. The predicted octanol–water partition coefficient (Wildman–Crippen LogP) is 5.15. The number of aliphatic hydroxyl groups is 1. The number of hydrogen-bond donors (Lipinski definition) is 1. The van der Waals surface area contributed by atoms with Gasteiger partial charge in [-0.25, -0.2) is 4.98 Å². The van der Waals surface area contributed by atoms with Crippen LogP contribution in [0.1, 0.15) is 19.9 Å². The minimum atomic E-state index is -4.80. The molecule has 0 fully saturated rings. The number of aromatic nitrogens is 4. The van der Waals surface area contributed by atoms with E-state index in [2.05, 4.69) is 15.1 Å². The van der Waals surface area contributed by atoms with E-state index in [9.17, 15) is 18.3 Å². The van der Waals surface area contributed by atoms with Crippen molar-refractivity contribution in [2.75, 3.05) is 25.7 Å². The summed E-state index contributed by atoms with van der Waals surface area (Å²) in [6, 6.07) is 9.85. The normalized spacial score (nSPS) is 12.7. The minimum Gasteiger partial charge on any atom is -0.497 e. The van der Waals surface area contributed by atoms with E-state index in [1.807, 2.05) is 20.0 Å². The van der Waals surface area contributed by atoms with E-state index in [0.717, 1.165) is 5.56 Å². The van der Waals surface area contributed by atoms with Crippen LogP contribution in [0.2, 0.25) is 0 Å². The highest BCUT2D eigenvalue weighted by atomic mass is 19.4. The van der Waals surface area contributed by atoms with E-state index in [-0.39, 0.29) is 6.04 Å².